The summed E-state index contributed by atoms with van der Waals surface area (Å²) < 4.78 is 0. The Kier molecular flexibility index (Phi) is 2.50. The number of hydrazone groups is 1. The molecular formula is C14H13N3. The molecule has 0 bridgehead atoms. The SMILES string of the molecule is c1ccc(C2=NNCN2c2ccccc2)cc1. The van der Waals surface area contributed by atoms with E-state index in [2.05, 4.69) is 39.7 Å². The van der Waals surface area contributed by atoms with Gasteiger partial charge in [-0.2, -0.15) is 5.10 Å². The molecule has 0 spiro atoms. The second-order valence-corrected chi connectivity index (χ2v) is 3.88. The summed E-state index contributed by atoms with van der Waals surface area (Å²) in [6.07, 6.45) is 0. The third-order valence-corrected chi connectivity index (χ3v) is 2.77. The normalized spacial score (nSPS) is 14.4. The summed E-state index contributed by atoms with van der Waals surface area (Å²) in [6, 6.07) is 20.5. The molecular weight excluding hydrogens is 210 g/mol. The highest BCUT2D eigenvalue weighted by atomic mass is 15.5. The third kappa shape index (κ3) is 1.87. The zero-order chi connectivity index (χ0) is 11.5. The summed E-state index contributed by atoms with van der Waals surface area (Å²) in [5.41, 5.74) is 5.31. The van der Waals surface area contributed by atoms with Gasteiger partial charge >= 0.3 is 0 Å². The molecule has 2 aromatic rings. The molecule has 17 heavy (non-hydrogen) atoms. The number of para-hydroxylation sites is 1. The highest BCUT2D eigenvalue weighted by Crippen LogP contribution is 2.18. The minimum absolute atomic E-state index is 0.717. The molecule has 0 unspecified atom stereocenters. The van der Waals surface area contributed by atoms with E-state index >= 15 is 0 Å². The molecule has 0 aromatic heterocycles. The third-order valence-electron chi connectivity index (χ3n) is 2.77. The molecule has 0 saturated carbocycles. The molecule has 0 amide bonds. The lowest BCUT2D eigenvalue weighted by molar-refractivity contribution is 0.807. The van der Waals surface area contributed by atoms with Crippen LogP contribution in [0.4, 0.5) is 5.69 Å². The molecule has 0 atom stereocenters. The van der Waals surface area contributed by atoms with Crippen LogP contribution in [0.15, 0.2) is 65.8 Å². The van der Waals surface area contributed by atoms with Crippen LogP contribution in [0.3, 0.4) is 0 Å². The molecule has 3 rings (SSSR count). The van der Waals surface area contributed by atoms with E-state index in [1.165, 1.54) is 0 Å². The lowest BCUT2D eigenvalue weighted by atomic mass is 10.2. The molecule has 84 valence electrons. The van der Waals surface area contributed by atoms with E-state index in [4.69, 9.17) is 0 Å². The van der Waals surface area contributed by atoms with Gasteiger partial charge in [0.05, 0.1) is 0 Å². The van der Waals surface area contributed by atoms with Crippen LogP contribution >= 0.6 is 0 Å². The maximum Gasteiger partial charge on any atom is 0.161 e. The Bertz CT molecular complexity index is 520. The number of hydrogen-bond donors (Lipinski definition) is 1. The second kappa shape index (κ2) is 4.29. The van der Waals surface area contributed by atoms with Crippen LogP contribution in [-0.4, -0.2) is 12.5 Å². The molecule has 0 saturated heterocycles. The summed E-state index contributed by atoms with van der Waals surface area (Å²) >= 11 is 0. The van der Waals surface area contributed by atoms with E-state index in [9.17, 15) is 0 Å². The highest BCUT2D eigenvalue weighted by Gasteiger charge is 2.19. The maximum atomic E-state index is 4.36. The monoisotopic (exact) mass is 223 g/mol. The van der Waals surface area contributed by atoms with Crippen molar-refractivity contribution in [3.05, 3.63) is 66.2 Å². The topological polar surface area (TPSA) is 27.6 Å². The Hall–Kier alpha value is -2.29. The van der Waals surface area contributed by atoms with Gasteiger partial charge in [-0.05, 0) is 12.1 Å². The van der Waals surface area contributed by atoms with E-state index in [1.807, 2.05) is 36.4 Å². The smallest absolute Gasteiger partial charge is 0.161 e. The van der Waals surface area contributed by atoms with Crippen molar-refractivity contribution >= 4 is 11.5 Å². The van der Waals surface area contributed by atoms with Crippen LogP contribution in [0.1, 0.15) is 5.56 Å². The van der Waals surface area contributed by atoms with Crippen molar-refractivity contribution in [2.24, 2.45) is 5.10 Å². The highest BCUT2D eigenvalue weighted by molar-refractivity contribution is 6.10. The quantitative estimate of drug-likeness (QED) is 0.846. The van der Waals surface area contributed by atoms with E-state index in [0.29, 0.717) is 6.67 Å². The van der Waals surface area contributed by atoms with Crippen LogP contribution in [0, 0.1) is 0 Å². The van der Waals surface area contributed by atoms with Crippen molar-refractivity contribution in [2.75, 3.05) is 11.6 Å². The van der Waals surface area contributed by atoms with Crippen LogP contribution in [0.2, 0.25) is 0 Å². The van der Waals surface area contributed by atoms with Crippen molar-refractivity contribution in [2.45, 2.75) is 0 Å². The first-order chi connectivity index (χ1) is 8.45. The van der Waals surface area contributed by atoms with E-state index in [1.54, 1.807) is 0 Å². The largest absolute Gasteiger partial charge is 0.305 e. The summed E-state index contributed by atoms with van der Waals surface area (Å²) in [7, 11) is 0. The van der Waals surface area contributed by atoms with Gasteiger partial charge in [0.1, 0.15) is 6.67 Å². The van der Waals surface area contributed by atoms with Crippen LogP contribution in [0.25, 0.3) is 0 Å². The van der Waals surface area contributed by atoms with Crippen LogP contribution in [-0.2, 0) is 0 Å². The lowest BCUT2D eigenvalue weighted by Gasteiger charge is -2.19. The van der Waals surface area contributed by atoms with Gasteiger partial charge in [-0.15, -0.1) is 0 Å². The fourth-order valence-corrected chi connectivity index (χ4v) is 1.95. The Morgan fingerprint density at radius 2 is 1.53 bits per heavy atom. The number of amidine groups is 1. The molecule has 1 heterocycles. The Labute approximate surface area is 100 Å². The van der Waals surface area contributed by atoms with Gasteiger partial charge in [0.2, 0.25) is 0 Å². The lowest BCUT2D eigenvalue weighted by Crippen LogP contribution is -2.29. The van der Waals surface area contributed by atoms with Crippen molar-refractivity contribution in [1.82, 2.24) is 5.43 Å². The zero-order valence-electron chi connectivity index (χ0n) is 9.38. The number of nitrogens with zero attached hydrogens (tertiary/aromatic N) is 2. The van der Waals surface area contributed by atoms with Crippen molar-refractivity contribution < 1.29 is 0 Å². The van der Waals surface area contributed by atoms with Crippen molar-refractivity contribution in [1.29, 1.82) is 0 Å². The predicted molar refractivity (Wildman–Crippen MR) is 69.9 cm³/mol. The minimum Gasteiger partial charge on any atom is -0.305 e. The molecule has 1 N–H and O–H groups in total. The maximum absolute atomic E-state index is 4.36. The summed E-state index contributed by atoms with van der Waals surface area (Å²) in [4.78, 5) is 2.16. The Morgan fingerprint density at radius 3 is 2.24 bits per heavy atom. The van der Waals surface area contributed by atoms with Gasteiger partial charge in [-0.1, -0.05) is 48.5 Å². The van der Waals surface area contributed by atoms with Crippen LogP contribution in [0.5, 0.6) is 0 Å². The second-order valence-electron chi connectivity index (χ2n) is 3.88. The first-order valence-corrected chi connectivity index (χ1v) is 5.64. The van der Waals surface area contributed by atoms with Crippen molar-refractivity contribution in [3.63, 3.8) is 0 Å². The number of hydrogen-bond acceptors (Lipinski definition) is 3. The molecule has 0 aliphatic carbocycles. The molecule has 0 radical (unpaired) electrons. The summed E-state index contributed by atoms with van der Waals surface area (Å²) in [5.74, 6) is 0.969. The molecule has 1 aliphatic heterocycles. The standard InChI is InChI=1S/C14H13N3/c1-3-7-12(8-4-1)14-16-15-11-17(14)13-9-5-2-6-10-13/h1-10,15H,11H2. The van der Waals surface area contributed by atoms with E-state index < -0.39 is 0 Å². The Balaban J connectivity index is 1.96. The fourth-order valence-electron chi connectivity index (χ4n) is 1.95. The van der Waals surface area contributed by atoms with E-state index in [-0.39, 0.29) is 0 Å². The number of anilines is 1. The zero-order valence-corrected chi connectivity index (χ0v) is 9.38. The van der Waals surface area contributed by atoms with Gasteiger partial charge in [0, 0.05) is 11.3 Å². The van der Waals surface area contributed by atoms with Gasteiger partial charge in [0.25, 0.3) is 0 Å². The average molecular weight is 223 g/mol. The number of rotatable bonds is 2. The van der Waals surface area contributed by atoms with Gasteiger partial charge < -0.3 is 4.90 Å². The van der Waals surface area contributed by atoms with E-state index in [0.717, 1.165) is 17.1 Å². The molecule has 0 fully saturated rings. The fraction of sp³-hybridized carbons (Fsp3) is 0.0714. The summed E-state index contributed by atoms with van der Waals surface area (Å²) in [5, 5.41) is 4.36. The first kappa shape index (κ1) is 9.90. The minimum atomic E-state index is 0.717. The van der Waals surface area contributed by atoms with Crippen molar-refractivity contribution in [3.8, 4) is 0 Å². The van der Waals surface area contributed by atoms with Gasteiger partial charge in [-0.3, -0.25) is 5.43 Å². The predicted octanol–water partition coefficient (Wildman–Crippen LogP) is 2.42. The summed E-state index contributed by atoms with van der Waals surface area (Å²) in [6.45, 7) is 0.717. The van der Waals surface area contributed by atoms with Gasteiger partial charge in [-0.25, -0.2) is 0 Å². The number of nitrogens with one attached hydrogen (secondary N) is 1. The first-order valence-electron chi connectivity index (χ1n) is 5.64. The molecule has 3 heteroatoms. The number of benzene rings is 2. The van der Waals surface area contributed by atoms with Crippen LogP contribution < -0.4 is 10.3 Å². The average Bonchev–Trinajstić information content (AvgIpc) is 2.90. The van der Waals surface area contributed by atoms with Gasteiger partial charge in [0.15, 0.2) is 5.84 Å². The molecule has 1 aliphatic rings. The Morgan fingerprint density at radius 1 is 0.882 bits per heavy atom. The molecule has 3 nitrogen and oxygen atoms in total. The molecule has 2 aromatic carbocycles.